The number of hydrogen-bond donors (Lipinski definition) is 3. The van der Waals surface area contributed by atoms with Crippen LogP contribution in [0.4, 0.5) is 5.69 Å². The van der Waals surface area contributed by atoms with Crippen LogP contribution in [0.1, 0.15) is 6.92 Å². The van der Waals surface area contributed by atoms with E-state index in [0.29, 0.717) is 5.69 Å². The number of carbonyl (C=O) groups is 3. The van der Waals surface area contributed by atoms with Crippen molar-refractivity contribution in [2.75, 3.05) is 16.8 Å². The van der Waals surface area contributed by atoms with Gasteiger partial charge in [0.05, 0.1) is 5.75 Å². The Bertz CT molecular complexity index is 479. The number of carboxylic acids is 1. The summed E-state index contributed by atoms with van der Waals surface area (Å²) in [6.07, 6.45) is 0. The zero-order valence-electron chi connectivity index (χ0n) is 11.0. The van der Waals surface area contributed by atoms with Crippen LogP contribution in [0.3, 0.4) is 0 Å². The maximum Gasteiger partial charge on any atom is 0.327 e. The fraction of sp³-hybridized carbons (Fsp3) is 0.308. The van der Waals surface area contributed by atoms with Gasteiger partial charge in [0, 0.05) is 18.4 Å². The Labute approximate surface area is 120 Å². The second kappa shape index (κ2) is 8.21. The summed E-state index contributed by atoms with van der Waals surface area (Å²) in [4.78, 5) is 33.3. The van der Waals surface area contributed by atoms with Crippen LogP contribution in [0.2, 0.25) is 0 Å². The Morgan fingerprint density at radius 2 is 1.90 bits per heavy atom. The molecule has 0 spiro atoms. The third kappa shape index (κ3) is 6.24. The van der Waals surface area contributed by atoms with E-state index in [0.717, 1.165) is 11.8 Å². The van der Waals surface area contributed by atoms with E-state index in [4.69, 9.17) is 5.11 Å². The lowest BCUT2D eigenvalue weighted by atomic mass is 10.3. The Balaban J connectivity index is 2.33. The van der Waals surface area contributed by atoms with Crippen molar-refractivity contribution in [1.29, 1.82) is 0 Å². The first kappa shape index (κ1) is 16.0. The monoisotopic (exact) mass is 296 g/mol. The van der Waals surface area contributed by atoms with Gasteiger partial charge in [0.25, 0.3) is 0 Å². The molecule has 0 fully saturated rings. The number of hydrogen-bond acceptors (Lipinski definition) is 4. The van der Waals surface area contributed by atoms with Gasteiger partial charge in [0.2, 0.25) is 11.8 Å². The molecular weight excluding hydrogens is 280 g/mol. The van der Waals surface area contributed by atoms with Crippen LogP contribution in [0.5, 0.6) is 0 Å². The molecule has 0 bridgehead atoms. The molecule has 0 aliphatic heterocycles. The van der Waals surface area contributed by atoms with Crippen LogP contribution in [-0.2, 0) is 14.4 Å². The maximum atomic E-state index is 11.6. The number of carbonyl (C=O) groups excluding carboxylic acids is 2. The van der Waals surface area contributed by atoms with Crippen LogP contribution in [-0.4, -0.2) is 40.4 Å². The molecule has 2 amide bonds. The highest BCUT2D eigenvalue weighted by Crippen LogP contribution is 2.08. The second-order valence-corrected chi connectivity index (χ2v) is 5.05. The predicted octanol–water partition coefficient (Wildman–Crippen LogP) is 0.948. The van der Waals surface area contributed by atoms with E-state index >= 15 is 0 Å². The lowest BCUT2D eigenvalue weighted by Crippen LogP contribution is -2.41. The summed E-state index contributed by atoms with van der Waals surface area (Å²) < 4.78 is 0. The van der Waals surface area contributed by atoms with Gasteiger partial charge in [0.1, 0.15) is 6.04 Å². The zero-order valence-corrected chi connectivity index (χ0v) is 11.8. The number of para-hydroxylation sites is 1. The molecule has 7 heteroatoms. The highest BCUT2D eigenvalue weighted by atomic mass is 32.2. The van der Waals surface area contributed by atoms with Crippen molar-refractivity contribution < 1.29 is 19.5 Å². The first-order chi connectivity index (χ1) is 9.49. The van der Waals surface area contributed by atoms with E-state index in [2.05, 4.69) is 10.6 Å². The van der Waals surface area contributed by atoms with Crippen LogP contribution >= 0.6 is 11.8 Å². The lowest BCUT2D eigenvalue weighted by Gasteiger charge is -2.12. The quantitative estimate of drug-likeness (QED) is 0.696. The van der Waals surface area contributed by atoms with Crippen molar-refractivity contribution in [3.05, 3.63) is 30.3 Å². The van der Waals surface area contributed by atoms with Crippen LogP contribution in [0.15, 0.2) is 30.3 Å². The molecule has 0 aromatic heterocycles. The summed E-state index contributed by atoms with van der Waals surface area (Å²) in [5.74, 6) is -1.48. The summed E-state index contributed by atoms with van der Waals surface area (Å²) in [5.41, 5.74) is 0.690. The fourth-order valence-electron chi connectivity index (χ4n) is 1.41. The summed E-state index contributed by atoms with van der Waals surface area (Å²) in [7, 11) is 0. The number of thioether (sulfide) groups is 1. The Morgan fingerprint density at radius 1 is 1.25 bits per heavy atom. The Morgan fingerprint density at radius 3 is 2.45 bits per heavy atom. The third-order valence-corrected chi connectivity index (χ3v) is 3.29. The van der Waals surface area contributed by atoms with Gasteiger partial charge in [-0.2, -0.15) is 0 Å². The first-order valence-electron chi connectivity index (χ1n) is 5.91. The van der Waals surface area contributed by atoms with Crippen LogP contribution < -0.4 is 10.6 Å². The molecule has 1 aromatic rings. The van der Waals surface area contributed by atoms with Crippen LogP contribution in [0.25, 0.3) is 0 Å². The Hall–Kier alpha value is -2.02. The first-order valence-corrected chi connectivity index (χ1v) is 7.07. The van der Waals surface area contributed by atoms with E-state index in [9.17, 15) is 14.4 Å². The second-order valence-electron chi connectivity index (χ2n) is 4.02. The summed E-state index contributed by atoms with van der Waals surface area (Å²) in [6.45, 7) is 1.25. The van der Waals surface area contributed by atoms with Gasteiger partial charge >= 0.3 is 5.97 Å². The van der Waals surface area contributed by atoms with E-state index in [1.165, 1.54) is 6.92 Å². The van der Waals surface area contributed by atoms with Gasteiger partial charge in [0.15, 0.2) is 0 Å². The number of nitrogens with one attached hydrogen (secondary N) is 2. The summed E-state index contributed by atoms with van der Waals surface area (Å²) in [5, 5.41) is 13.9. The minimum absolute atomic E-state index is 0.123. The molecule has 0 heterocycles. The molecular formula is C13H16N2O4S. The average molecular weight is 296 g/mol. The third-order valence-electron chi connectivity index (χ3n) is 2.25. The number of anilines is 1. The van der Waals surface area contributed by atoms with Gasteiger partial charge in [-0.15, -0.1) is 11.8 Å². The molecule has 1 rings (SSSR count). The topological polar surface area (TPSA) is 95.5 Å². The molecule has 108 valence electrons. The number of amides is 2. The summed E-state index contributed by atoms with van der Waals surface area (Å²) in [6, 6.07) is 8.00. The molecule has 0 aliphatic carbocycles. The molecule has 0 saturated carbocycles. The van der Waals surface area contributed by atoms with E-state index < -0.39 is 17.9 Å². The minimum atomic E-state index is -1.11. The molecule has 0 aliphatic rings. The van der Waals surface area contributed by atoms with Crippen molar-refractivity contribution in [2.45, 2.75) is 13.0 Å². The molecule has 20 heavy (non-hydrogen) atoms. The standard InChI is InChI=1S/C13H16N2O4S/c1-9(16)14-11(13(18)19)7-20-8-12(17)15-10-5-3-2-4-6-10/h2-6,11H,7-8H2,1H3,(H,14,16)(H,15,17)(H,18,19). The normalized spacial score (nSPS) is 11.4. The molecule has 3 N–H and O–H groups in total. The van der Waals surface area contributed by atoms with Crippen molar-refractivity contribution in [3.8, 4) is 0 Å². The highest BCUT2D eigenvalue weighted by Gasteiger charge is 2.18. The predicted molar refractivity (Wildman–Crippen MR) is 77.6 cm³/mol. The van der Waals surface area contributed by atoms with Gasteiger partial charge < -0.3 is 15.7 Å². The molecule has 0 saturated heterocycles. The fourth-order valence-corrected chi connectivity index (χ4v) is 2.25. The van der Waals surface area contributed by atoms with Crippen molar-refractivity contribution >= 4 is 35.2 Å². The van der Waals surface area contributed by atoms with Crippen molar-refractivity contribution in [1.82, 2.24) is 5.32 Å². The molecule has 6 nitrogen and oxygen atoms in total. The molecule has 0 radical (unpaired) electrons. The van der Waals surface area contributed by atoms with Gasteiger partial charge in [-0.25, -0.2) is 4.79 Å². The number of carboxylic acid groups (broad SMARTS) is 1. The van der Waals surface area contributed by atoms with Crippen LogP contribution in [0, 0.1) is 0 Å². The average Bonchev–Trinajstić information content (AvgIpc) is 2.38. The molecule has 1 aromatic carbocycles. The largest absolute Gasteiger partial charge is 0.480 e. The molecule has 1 atom stereocenters. The van der Waals surface area contributed by atoms with Gasteiger partial charge in [-0.1, -0.05) is 18.2 Å². The van der Waals surface area contributed by atoms with Gasteiger partial charge in [-0.05, 0) is 12.1 Å². The smallest absolute Gasteiger partial charge is 0.327 e. The number of benzene rings is 1. The lowest BCUT2D eigenvalue weighted by molar-refractivity contribution is -0.140. The van der Waals surface area contributed by atoms with Gasteiger partial charge in [-0.3, -0.25) is 9.59 Å². The Kier molecular flexibility index (Phi) is 6.58. The molecule has 1 unspecified atom stereocenters. The summed E-state index contributed by atoms with van der Waals surface area (Å²) >= 11 is 1.15. The maximum absolute atomic E-state index is 11.6. The minimum Gasteiger partial charge on any atom is -0.480 e. The van der Waals surface area contributed by atoms with Crippen molar-refractivity contribution in [2.24, 2.45) is 0 Å². The number of rotatable bonds is 7. The zero-order chi connectivity index (χ0) is 15.0. The van der Waals surface area contributed by atoms with E-state index in [1.807, 2.05) is 6.07 Å². The van der Waals surface area contributed by atoms with E-state index in [1.54, 1.807) is 24.3 Å². The SMILES string of the molecule is CC(=O)NC(CSCC(=O)Nc1ccccc1)C(=O)O. The van der Waals surface area contributed by atoms with E-state index in [-0.39, 0.29) is 17.4 Å². The highest BCUT2D eigenvalue weighted by molar-refractivity contribution is 8.00. The number of aliphatic carboxylic acids is 1. The van der Waals surface area contributed by atoms with Crippen molar-refractivity contribution in [3.63, 3.8) is 0 Å².